The SMILES string of the molecule is O=C(O)CC(O)C(O)c1ccc(-c2ccc(O)cc2)cc1. The van der Waals surface area contributed by atoms with Crippen molar-refractivity contribution in [1.82, 2.24) is 0 Å². The van der Waals surface area contributed by atoms with Gasteiger partial charge in [-0.25, -0.2) is 0 Å². The maximum atomic E-state index is 10.5. The second kappa shape index (κ2) is 6.39. The molecule has 0 saturated heterocycles. The van der Waals surface area contributed by atoms with E-state index in [-0.39, 0.29) is 5.75 Å². The zero-order valence-corrected chi connectivity index (χ0v) is 11.2. The fourth-order valence-corrected chi connectivity index (χ4v) is 2.04. The van der Waals surface area contributed by atoms with Gasteiger partial charge in [0.05, 0.1) is 12.5 Å². The number of hydrogen-bond acceptors (Lipinski definition) is 4. The van der Waals surface area contributed by atoms with Crippen molar-refractivity contribution in [2.75, 3.05) is 0 Å². The average molecular weight is 288 g/mol. The highest BCUT2D eigenvalue weighted by Gasteiger charge is 2.20. The first-order valence-corrected chi connectivity index (χ1v) is 6.44. The van der Waals surface area contributed by atoms with Gasteiger partial charge >= 0.3 is 5.97 Å². The second-order valence-electron chi connectivity index (χ2n) is 4.78. The number of carbonyl (C=O) groups is 1. The number of rotatable bonds is 5. The highest BCUT2D eigenvalue weighted by Crippen LogP contribution is 2.25. The predicted octanol–water partition coefficient (Wildman–Crippen LogP) is 1.93. The molecule has 2 unspecified atom stereocenters. The molecule has 0 aliphatic heterocycles. The molecule has 0 aliphatic carbocycles. The van der Waals surface area contributed by atoms with E-state index in [0.29, 0.717) is 5.56 Å². The quantitative estimate of drug-likeness (QED) is 0.674. The van der Waals surface area contributed by atoms with Crippen LogP contribution in [0.25, 0.3) is 11.1 Å². The summed E-state index contributed by atoms with van der Waals surface area (Å²) in [6.45, 7) is 0. The maximum absolute atomic E-state index is 10.5. The molecule has 21 heavy (non-hydrogen) atoms. The van der Waals surface area contributed by atoms with E-state index in [0.717, 1.165) is 11.1 Å². The van der Waals surface area contributed by atoms with Gasteiger partial charge in [0.1, 0.15) is 11.9 Å². The predicted molar refractivity (Wildman–Crippen MR) is 76.8 cm³/mol. The molecule has 0 radical (unpaired) electrons. The van der Waals surface area contributed by atoms with Gasteiger partial charge in [0, 0.05) is 0 Å². The molecule has 0 fully saturated rings. The fourth-order valence-electron chi connectivity index (χ4n) is 2.04. The number of aliphatic carboxylic acids is 1. The number of phenols is 1. The first-order chi connectivity index (χ1) is 9.97. The lowest BCUT2D eigenvalue weighted by molar-refractivity contribution is -0.141. The largest absolute Gasteiger partial charge is 0.508 e. The van der Waals surface area contributed by atoms with E-state index in [4.69, 9.17) is 5.11 Å². The smallest absolute Gasteiger partial charge is 0.306 e. The number of aliphatic hydroxyl groups is 2. The molecule has 2 aromatic rings. The number of carboxylic acid groups (broad SMARTS) is 1. The van der Waals surface area contributed by atoms with Crippen LogP contribution in [-0.2, 0) is 4.79 Å². The molecule has 5 nitrogen and oxygen atoms in total. The van der Waals surface area contributed by atoms with E-state index in [1.165, 1.54) is 0 Å². The Labute approximate surface area is 121 Å². The van der Waals surface area contributed by atoms with Crippen molar-refractivity contribution in [3.05, 3.63) is 54.1 Å². The Hall–Kier alpha value is -2.37. The number of aliphatic hydroxyl groups excluding tert-OH is 2. The number of phenolic OH excluding ortho intramolecular Hbond substituents is 1. The summed E-state index contributed by atoms with van der Waals surface area (Å²) in [4.78, 5) is 10.5. The van der Waals surface area contributed by atoms with Crippen LogP contribution >= 0.6 is 0 Å². The summed E-state index contributed by atoms with van der Waals surface area (Å²) in [5, 5.41) is 37.3. The van der Waals surface area contributed by atoms with E-state index in [1.54, 1.807) is 48.5 Å². The third-order valence-electron chi connectivity index (χ3n) is 3.20. The van der Waals surface area contributed by atoms with Crippen LogP contribution in [0.15, 0.2) is 48.5 Å². The van der Waals surface area contributed by atoms with E-state index >= 15 is 0 Å². The van der Waals surface area contributed by atoms with Crippen molar-refractivity contribution in [1.29, 1.82) is 0 Å². The Morgan fingerprint density at radius 3 is 1.86 bits per heavy atom. The first-order valence-electron chi connectivity index (χ1n) is 6.44. The highest BCUT2D eigenvalue weighted by molar-refractivity contribution is 5.67. The van der Waals surface area contributed by atoms with Crippen LogP contribution in [0.2, 0.25) is 0 Å². The van der Waals surface area contributed by atoms with Gasteiger partial charge in [0.2, 0.25) is 0 Å². The van der Waals surface area contributed by atoms with Crippen LogP contribution in [-0.4, -0.2) is 32.5 Å². The van der Waals surface area contributed by atoms with Crippen LogP contribution < -0.4 is 0 Å². The van der Waals surface area contributed by atoms with Gasteiger partial charge in [-0.05, 0) is 28.8 Å². The number of carboxylic acids is 1. The average Bonchev–Trinajstić information content (AvgIpc) is 2.47. The van der Waals surface area contributed by atoms with E-state index < -0.39 is 24.6 Å². The Balaban J connectivity index is 2.15. The summed E-state index contributed by atoms with van der Waals surface area (Å²) in [5.74, 6) is -0.982. The molecule has 0 heterocycles. The summed E-state index contributed by atoms with van der Waals surface area (Å²) in [6, 6.07) is 13.5. The zero-order valence-electron chi connectivity index (χ0n) is 11.2. The van der Waals surface area contributed by atoms with Crippen molar-refractivity contribution in [3.8, 4) is 16.9 Å². The lowest BCUT2D eigenvalue weighted by Gasteiger charge is -2.16. The van der Waals surface area contributed by atoms with Gasteiger partial charge in [-0.2, -0.15) is 0 Å². The summed E-state index contributed by atoms with van der Waals surface area (Å²) in [5.41, 5.74) is 2.24. The summed E-state index contributed by atoms with van der Waals surface area (Å²) in [6.07, 6.45) is -3.10. The second-order valence-corrected chi connectivity index (χ2v) is 4.78. The Morgan fingerprint density at radius 2 is 1.38 bits per heavy atom. The summed E-state index contributed by atoms with van der Waals surface area (Å²) < 4.78 is 0. The third-order valence-corrected chi connectivity index (χ3v) is 3.20. The van der Waals surface area contributed by atoms with Gasteiger partial charge < -0.3 is 20.4 Å². The molecule has 2 atom stereocenters. The minimum Gasteiger partial charge on any atom is -0.508 e. The molecule has 2 rings (SSSR count). The van der Waals surface area contributed by atoms with Crippen LogP contribution in [0, 0.1) is 0 Å². The number of benzene rings is 2. The molecule has 2 aromatic carbocycles. The van der Waals surface area contributed by atoms with Crippen molar-refractivity contribution in [2.45, 2.75) is 18.6 Å². The molecule has 0 spiro atoms. The lowest BCUT2D eigenvalue weighted by atomic mass is 9.98. The molecule has 0 aromatic heterocycles. The molecule has 0 bridgehead atoms. The summed E-state index contributed by atoms with van der Waals surface area (Å²) >= 11 is 0. The van der Waals surface area contributed by atoms with Crippen LogP contribution in [0.1, 0.15) is 18.1 Å². The van der Waals surface area contributed by atoms with Crippen molar-refractivity contribution in [3.63, 3.8) is 0 Å². The van der Waals surface area contributed by atoms with Crippen molar-refractivity contribution >= 4 is 5.97 Å². The molecular weight excluding hydrogens is 272 g/mol. The van der Waals surface area contributed by atoms with Crippen LogP contribution in [0.4, 0.5) is 0 Å². The Morgan fingerprint density at radius 1 is 0.905 bits per heavy atom. The molecule has 4 N–H and O–H groups in total. The molecular formula is C16H16O5. The normalized spacial score (nSPS) is 13.6. The minimum atomic E-state index is -1.35. The standard InChI is InChI=1S/C16H16O5/c17-13-7-5-11(6-8-13)10-1-3-12(4-2-10)16(21)14(18)9-15(19)20/h1-8,14,16-18,21H,9H2,(H,19,20). The zero-order chi connectivity index (χ0) is 15.4. The van der Waals surface area contributed by atoms with E-state index in [1.807, 2.05) is 0 Å². The van der Waals surface area contributed by atoms with Crippen LogP contribution in [0.5, 0.6) is 5.75 Å². The van der Waals surface area contributed by atoms with E-state index in [2.05, 4.69) is 0 Å². The van der Waals surface area contributed by atoms with Gasteiger partial charge in [-0.1, -0.05) is 36.4 Å². The van der Waals surface area contributed by atoms with Crippen molar-refractivity contribution in [2.24, 2.45) is 0 Å². The Bertz CT molecular complexity index is 604. The van der Waals surface area contributed by atoms with Gasteiger partial charge in [0.25, 0.3) is 0 Å². The van der Waals surface area contributed by atoms with Crippen LogP contribution in [0.3, 0.4) is 0 Å². The number of aromatic hydroxyl groups is 1. The molecule has 0 amide bonds. The molecule has 5 heteroatoms. The van der Waals surface area contributed by atoms with Gasteiger partial charge in [-0.15, -0.1) is 0 Å². The molecule has 0 aliphatic rings. The highest BCUT2D eigenvalue weighted by atomic mass is 16.4. The topological polar surface area (TPSA) is 98.0 Å². The first kappa shape index (κ1) is 15.0. The third kappa shape index (κ3) is 3.81. The van der Waals surface area contributed by atoms with Gasteiger partial charge in [-0.3, -0.25) is 4.79 Å². The monoisotopic (exact) mass is 288 g/mol. The lowest BCUT2D eigenvalue weighted by Crippen LogP contribution is -2.21. The minimum absolute atomic E-state index is 0.183. The molecule has 110 valence electrons. The summed E-state index contributed by atoms with van der Waals surface area (Å²) in [7, 11) is 0. The Kier molecular flexibility index (Phi) is 4.57. The fraction of sp³-hybridized carbons (Fsp3) is 0.188. The van der Waals surface area contributed by atoms with E-state index in [9.17, 15) is 20.1 Å². The number of hydrogen-bond donors (Lipinski definition) is 4. The maximum Gasteiger partial charge on any atom is 0.306 e. The molecule has 0 saturated carbocycles. The van der Waals surface area contributed by atoms with Crippen molar-refractivity contribution < 1.29 is 25.2 Å². The van der Waals surface area contributed by atoms with Gasteiger partial charge in [0.15, 0.2) is 0 Å².